The summed E-state index contributed by atoms with van der Waals surface area (Å²) in [5, 5.41) is 22.4. The number of carbonyl (C=O) groups excluding carboxylic acids is 1. The van der Waals surface area contributed by atoms with Gasteiger partial charge in [0.2, 0.25) is 5.78 Å². The van der Waals surface area contributed by atoms with Gasteiger partial charge in [0.1, 0.15) is 6.42 Å². The molecule has 2 rings (SSSR count). The molecule has 0 aromatic carbocycles. The zero-order valence-electron chi connectivity index (χ0n) is 9.87. The summed E-state index contributed by atoms with van der Waals surface area (Å²) >= 11 is 0. The Kier molecular flexibility index (Phi) is 2.69. The molecule has 98 valence electrons. The van der Waals surface area contributed by atoms with E-state index < -0.39 is 26.7 Å². The lowest BCUT2D eigenvalue weighted by Crippen LogP contribution is -2.69. The fourth-order valence-corrected chi connectivity index (χ4v) is 2.71. The molecule has 2 bridgehead atoms. The Balaban J connectivity index is 2.54. The van der Waals surface area contributed by atoms with Gasteiger partial charge in [0, 0.05) is 9.85 Å². The zero-order chi connectivity index (χ0) is 13.6. The highest BCUT2D eigenvalue weighted by Crippen LogP contribution is 2.38. The molecule has 8 heteroatoms. The van der Waals surface area contributed by atoms with Crippen LogP contribution in [0.2, 0.25) is 0 Å². The number of ketones is 1. The third kappa shape index (κ3) is 1.52. The van der Waals surface area contributed by atoms with Crippen molar-refractivity contribution in [3.8, 4) is 0 Å². The molecule has 0 amide bonds. The van der Waals surface area contributed by atoms with Crippen molar-refractivity contribution in [3.05, 3.63) is 32.4 Å². The normalized spacial score (nSPS) is 35.5. The number of piperidine rings is 1. The Morgan fingerprint density at radius 1 is 1.33 bits per heavy atom. The van der Waals surface area contributed by atoms with E-state index in [2.05, 4.69) is 0 Å². The van der Waals surface area contributed by atoms with Gasteiger partial charge in [-0.1, -0.05) is 6.92 Å². The number of carbonyl (C=O) groups is 1. The molecular weight excluding hydrogens is 242 g/mol. The maximum absolute atomic E-state index is 11.8. The van der Waals surface area contributed by atoms with Crippen molar-refractivity contribution in [2.24, 2.45) is 0 Å². The molecule has 0 aromatic heterocycles. The van der Waals surface area contributed by atoms with Gasteiger partial charge in [-0.15, -0.1) is 0 Å². The van der Waals surface area contributed by atoms with Crippen molar-refractivity contribution < 1.29 is 14.6 Å². The molecule has 1 fully saturated rings. The third-order valence-corrected chi connectivity index (χ3v) is 3.75. The fraction of sp³-hybridized carbons (Fsp3) is 0.700. The molecule has 18 heavy (non-hydrogen) atoms. The van der Waals surface area contributed by atoms with Crippen molar-refractivity contribution in [1.82, 2.24) is 4.90 Å². The smallest absolute Gasteiger partial charge is 0.289 e. The monoisotopic (exact) mass is 255 g/mol. The average molecular weight is 255 g/mol. The van der Waals surface area contributed by atoms with Crippen LogP contribution in [0.3, 0.4) is 0 Å². The number of fused-ring (bicyclic) bond motifs is 2. The number of hydrogen-bond donors (Lipinski definition) is 0. The minimum Gasteiger partial charge on any atom is -0.289 e. The average Bonchev–Trinajstić information content (AvgIpc) is 2.33. The molecule has 0 unspecified atom stereocenters. The molecule has 1 saturated heterocycles. The second kappa shape index (κ2) is 3.84. The third-order valence-electron chi connectivity index (χ3n) is 3.75. The summed E-state index contributed by atoms with van der Waals surface area (Å²) in [5.41, 5.74) is -3.38. The topological polar surface area (TPSA) is 107 Å². The Labute approximate surface area is 103 Å². The van der Waals surface area contributed by atoms with E-state index in [4.69, 9.17) is 0 Å². The lowest BCUT2D eigenvalue weighted by molar-refractivity contribution is -0.607. The minimum absolute atomic E-state index is 0.0603. The van der Waals surface area contributed by atoms with E-state index in [-0.39, 0.29) is 19.5 Å². The maximum atomic E-state index is 11.8. The van der Waals surface area contributed by atoms with Crippen molar-refractivity contribution in [2.75, 3.05) is 19.6 Å². The second-order valence-electron chi connectivity index (χ2n) is 4.83. The van der Waals surface area contributed by atoms with Gasteiger partial charge in [0.05, 0.1) is 13.1 Å². The van der Waals surface area contributed by atoms with Crippen LogP contribution in [0.25, 0.3) is 0 Å². The van der Waals surface area contributed by atoms with Gasteiger partial charge in [-0.2, -0.15) is 0 Å². The predicted octanol–water partition coefficient (Wildman–Crippen LogP) is -0.118. The van der Waals surface area contributed by atoms with Crippen molar-refractivity contribution in [1.29, 1.82) is 0 Å². The highest BCUT2D eigenvalue weighted by molar-refractivity contribution is 5.98. The summed E-state index contributed by atoms with van der Waals surface area (Å²) in [6.45, 7) is 2.24. The van der Waals surface area contributed by atoms with Crippen LogP contribution in [-0.2, 0) is 4.79 Å². The highest BCUT2D eigenvalue weighted by Gasteiger charge is 2.66. The van der Waals surface area contributed by atoms with Crippen molar-refractivity contribution in [3.63, 3.8) is 0 Å². The lowest BCUT2D eigenvalue weighted by Gasteiger charge is -2.42. The van der Waals surface area contributed by atoms with Crippen LogP contribution >= 0.6 is 0 Å². The van der Waals surface area contributed by atoms with Gasteiger partial charge >= 0.3 is 5.54 Å². The van der Waals surface area contributed by atoms with Gasteiger partial charge in [0.15, 0.2) is 0 Å². The number of likely N-dealkylation sites (N-methyl/N-ethyl adjacent to an activating group) is 1. The standard InChI is InChI=1S/C10H13N3O5/c1-2-11-6-9(12(15)16)4-3-8(14)10(5-9,7-11)13(17)18/h3-4H,2,5-7H2,1H3/t9-,10+/m0/s1. The number of likely N-dealkylation sites (tertiary alicyclic amines) is 1. The van der Waals surface area contributed by atoms with E-state index >= 15 is 0 Å². The van der Waals surface area contributed by atoms with E-state index in [1.807, 2.05) is 0 Å². The predicted molar refractivity (Wildman–Crippen MR) is 60.3 cm³/mol. The van der Waals surface area contributed by atoms with Crippen LogP contribution in [0.5, 0.6) is 0 Å². The van der Waals surface area contributed by atoms with E-state index in [0.29, 0.717) is 6.54 Å². The molecule has 0 aromatic rings. The Morgan fingerprint density at radius 2 is 2.00 bits per heavy atom. The van der Waals surface area contributed by atoms with Crippen LogP contribution in [0.15, 0.2) is 12.2 Å². The van der Waals surface area contributed by atoms with Crippen LogP contribution in [-0.4, -0.2) is 51.2 Å². The van der Waals surface area contributed by atoms with Crippen molar-refractivity contribution >= 4 is 5.78 Å². The SMILES string of the molecule is CCN1C[C@]2([N+](=O)[O-])C=CC(=O)[C@]([N+](=O)[O-])(C1)C2. The molecule has 1 heterocycles. The molecule has 0 N–H and O–H groups in total. The quantitative estimate of drug-likeness (QED) is 0.514. The first kappa shape index (κ1) is 12.6. The summed E-state index contributed by atoms with van der Waals surface area (Å²) in [6, 6.07) is 0. The second-order valence-corrected chi connectivity index (χ2v) is 4.83. The van der Waals surface area contributed by atoms with E-state index in [9.17, 15) is 25.0 Å². The molecule has 8 nitrogen and oxygen atoms in total. The summed E-state index contributed by atoms with van der Waals surface area (Å²) in [5.74, 6) is -0.650. The molecule has 2 atom stereocenters. The van der Waals surface area contributed by atoms with E-state index in [0.717, 1.165) is 6.08 Å². The van der Waals surface area contributed by atoms with E-state index in [1.54, 1.807) is 11.8 Å². The lowest BCUT2D eigenvalue weighted by atomic mass is 9.71. The molecule has 0 spiro atoms. The van der Waals surface area contributed by atoms with Crippen LogP contribution < -0.4 is 0 Å². The van der Waals surface area contributed by atoms with Gasteiger partial charge in [-0.25, -0.2) is 0 Å². The van der Waals surface area contributed by atoms with Crippen LogP contribution in [0.4, 0.5) is 0 Å². The molecule has 0 radical (unpaired) electrons. The molecule has 2 aliphatic rings. The van der Waals surface area contributed by atoms with Crippen LogP contribution in [0.1, 0.15) is 13.3 Å². The van der Waals surface area contributed by atoms with Gasteiger partial charge < -0.3 is 0 Å². The van der Waals surface area contributed by atoms with Crippen LogP contribution in [0, 0.1) is 20.2 Å². The summed E-state index contributed by atoms with van der Waals surface area (Å²) in [4.78, 5) is 34.7. The zero-order valence-corrected chi connectivity index (χ0v) is 9.87. The number of hydrogen-bond acceptors (Lipinski definition) is 6. The van der Waals surface area contributed by atoms with Gasteiger partial charge in [-0.05, 0) is 18.7 Å². The molecular formula is C10H13N3O5. The fourth-order valence-electron chi connectivity index (χ4n) is 2.71. The molecule has 1 aliphatic carbocycles. The van der Waals surface area contributed by atoms with Gasteiger partial charge in [0.25, 0.3) is 5.54 Å². The highest BCUT2D eigenvalue weighted by atomic mass is 16.6. The Hall–Kier alpha value is -1.83. The summed E-state index contributed by atoms with van der Waals surface area (Å²) in [6.07, 6.45) is 1.85. The molecule has 1 aliphatic heterocycles. The first-order chi connectivity index (χ1) is 8.36. The Morgan fingerprint density at radius 3 is 2.50 bits per heavy atom. The first-order valence-corrected chi connectivity index (χ1v) is 5.61. The largest absolute Gasteiger partial charge is 0.302 e. The first-order valence-electron chi connectivity index (χ1n) is 5.61. The van der Waals surface area contributed by atoms with E-state index in [1.165, 1.54) is 6.08 Å². The minimum atomic E-state index is -1.86. The number of nitro groups is 2. The van der Waals surface area contributed by atoms with Gasteiger partial charge in [-0.3, -0.25) is 29.9 Å². The number of rotatable bonds is 3. The summed E-state index contributed by atoms with van der Waals surface area (Å²) < 4.78 is 0. The molecule has 0 saturated carbocycles. The Bertz CT molecular complexity index is 462. The summed E-state index contributed by atoms with van der Waals surface area (Å²) in [7, 11) is 0. The number of nitrogens with zero attached hydrogens (tertiary/aromatic N) is 3. The maximum Gasteiger partial charge on any atom is 0.302 e. The van der Waals surface area contributed by atoms with Crippen molar-refractivity contribution in [2.45, 2.75) is 24.4 Å².